The number of anilines is 1. The maximum atomic E-state index is 10.8. The highest BCUT2D eigenvalue weighted by atomic mass is 16.6. The molecule has 20 heavy (non-hydrogen) atoms. The first-order valence-electron chi connectivity index (χ1n) is 6.71. The second-order valence-corrected chi connectivity index (χ2v) is 4.98. The smallest absolute Gasteiger partial charge is 0.298 e. The number of aromatic nitrogens is 1. The lowest BCUT2D eigenvalue weighted by Gasteiger charge is -2.33. The van der Waals surface area contributed by atoms with Gasteiger partial charge in [0, 0.05) is 31.3 Å². The van der Waals surface area contributed by atoms with Gasteiger partial charge in [-0.1, -0.05) is 0 Å². The first-order chi connectivity index (χ1) is 9.69. The van der Waals surface area contributed by atoms with E-state index in [0.717, 1.165) is 25.8 Å². The Morgan fingerprint density at radius 3 is 3.10 bits per heavy atom. The molecule has 2 aromatic rings. The van der Waals surface area contributed by atoms with Gasteiger partial charge in [0.15, 0.2) is 5.58 Å². The summed E-state index contributed by atoms with van der Waals surface area (Å²) >= 11 is 0. The van der Waals surface area contributed by atoms with E-state index in [2.05, 4.69) is 9.88 Å². The number of nitro groups is 1. The van der Waals surface area contributed by atoms with Crippen molar-refractivity contribution in [2.45, 2.75) is 25.3 Å². The van der Waals surface area contributed by atoms with Crippen molar-refractivity contribution in [3.63, 3.8) is 0 Å². The topological polar surface area (TPSA) is 98.4 Å². The quantitative estimate of drug-likeness (QED) is 0.680. The first-order valence-corrected chi connectivity index (χ1v) is 6.71. The summed E-state index contributed by atoms with van der Waals surface area (Å²) in [6.45, 7) is 1.41. The molecule has 2 N–H and O–H groups in total. The van der Waals surface area contributed by atoms with Crippen LogP contribution in [0.25, 0.3) is 11.1 Å². The molecule has 0 aliphatic carbocycles. The molecule has 106 valence electrons. The number of hydrogen-bond donors (Lipinski definition) is 1. The minimum Gasteiger partial charge on any atom is -0.423 e. The molecule has 1 aliphatic heterocycles. The molecule has 1 saturated heterocycles. The number of non-ortho nitro benzene ring substituents is 1. The fourth-order valence-electron chi connectivity index (χ4n) is 2.64. The summed E-state index contributed by atoms with van der Waals surface area (Å²) in [5.41, 5.74) is 6.88. The van der Waals surface area contributed by atoms with E-state index in [1.54, 1.807) is 6.07 Å². The average Bonchev–Trinajstić information content (AvgIpc) is 2.89. The summed E-state index contributed by atoms with van der Waals surface area (Å²) in [5.74, 6) is 0. The van der Waals surface area contributed by atoms with Crippen LogP contribution in [0.15, 0.2) is 22.6 Å². The molecule has 0 saturated carbocycles. The van der Waals surface area contributed by atoms with E-state index in [1.807, 2.05) is 0 Å². The SMILES string of the molecule is NC[C@@H]1CCCCN1c1nc2cc([N+](=O)[O-])ccc2o1. The molecule has 0 bridgehead atoms. The molecule has 0 radical (unpaired) electrons. The van der Waals surface area contributed by atoms with E-state index < -0.39 is 4.92 Å². The Kier molecular flexibility index (Phi) is 3.27. The van der Waals surface area contributed by atoms with Crippen LogP contribution in [-0.2, 0) is 0 Å². The molecule has 1 aliphatic rings. The maximum Gasteiger partial charge on any atom is 0.298 e. The van der Waals surface area contributed by atoms with Crippen LogP contribution in [0.3, 0.4) is 0 Å². The van der Waals surface area contributed by atoms with E-state index in [1.165, 1.54) is 12.1 Å². The Hall–Kier alpha value is -2.15. The monoisotopic (exact) mass is 276 g/mol. The summed E-state index contributed by atoms with van der Waals surface area (Å²) in [4.78, 5) is 16.8. The van der Waals surface area contributed by atoms with Crippen molar-refractivity contribution in [2.24, 2.45) is 5.73 Å². The highest BCUT2D eigenvalue weighted by Gasteiger charge is 2.25. The summed E-state index contributed by atoms with van der Waals surface area (Å²) in [6.07, 6.45) is 3.26. The molecule has 7 nitrogen and oxygen atoms in total. The van der Waals surface area contributed by atoms with E-state index >= 15 is 0 Å². The number of benzene rings is 1. The van der Waals surface area contributed by atoms with Crippen LogP contribution in [0.5, 0.6) is 0 Å². The predicted molar refractivity (Wildman–Crippen MR) is 74.7 cm³/mol. The minimum absolute atomic E-state index is 0.0198. The molecule has 0 spiro atoms. The van der Waals surface area contributed by atoms with Gasteiger partial charge in [-0.05, 0) is 25.3 Å². The van der Waals surface area contributed by atoms with Crippen molar-refractivity contribution in [1.82, 2.24) is 4.98 Å². The van der Waals surface area contributed by atoms with Crippen LogP contribution >= 0.6 is 0 Å². The van der Waals surface area contributed by atoms with Gasteiger partial charge in [0.2, 0.25) is 0 Å². The number of rotatable bonds is 3. The average molecular weight is 276 g/mol. The molecule has 2 heterocycles. The fourth-order valence-corrected chi connectivity index (χ4v) is 2.64. The van der Waals surface area contributed by atoms with Gasteiger partial charge in [-0.3, -0.25) is 10.1 Å². The van der Waals surface area contributed by atoms with Gasteiger partial charge in [0.05, 0.1) is 4.92 Å². The minimum atomic E-state index is -0.433. The van der Waals surface area contributed by atoms with Crippen molar-refractivity contribution in [3.8, 4) is 0 Å². The van der Waals surface area contributed by atoms with Crippen LogP contribution in [0.1, 0.15) is 19.3 Å². The summed E-state index contributed by atoms with van der Waals surface area (Å²) in [6, 6.07) is 5.19. The lowest BCUT2D eigenvalue weighted by molar-refractivity contribution is -0.384. The molecule has 1 aromatic carbocycles. The summed E-state index contributed by atoms with van der Waals surface area (Å²) < 4.78 is 5.71. The third-order valence-electron chi connectivity index (χ3n) is 3.72. The van der Waals surface area contributed by atoms with Gasteiger partial charge in [0.1, 0.15) is 5.52 Å². The predicted octanol–water partition coefficient (Wildman–Crippen LogP) is 2.05. The number of fused-ring (bicyclic) bond motifs is 1. The standard InChI is InChI=1S/C13H16N4O3/c14-8-10-3-1-2-6-16(10)13-15-11-7-9(17(18)19)4-5-12(11)20-13/h4-5,7,10H,1-3,6,8,14H2/t10-/m0/s1. The van der Waals surface area contributed by atoms with E-state index in [4.69, 9.17) is 10.2 Å². The van der Waals surface area contributed by atoms with Gasteiger partial charge < -0.3 is 15.1 Å². The summed E-state index contributed by atoms with van der Waals surface area (Å²) in [7, 11) is 0. The normalized spacial score (nSPS) is 19.4. The lowest BCUT2D eigenvalue weighted by atomic mass is 10.0. The van der Waals surface area contributed by atoms with Gasteiger partial charge in [-0.25, -0.2) is 0 Å². The number of nitrogens with two attached hydrogens (primary N) is 1. The highest BCUT2D eigenvalue weighted by Crippen LogP contribution is 2.29. The molecule has 1 fully saturated rings. The molecule has 0 unspecified atom stereocenters. The van der Waals surface area contributed by atoms with Crippen LogP contribution in [0.2, 0.25) is 0 Å². The Morgan fingerprint density at radius 1 is 1.50 bits per heavy atom. The van der Waals surface area contributed by atoms with E-state index in [-0.39, 0.29) is 11.7 Å². The highest BCUT2D eigenvalue weighted by molar-refractivity contribution is 5.77. The molecular weight excluding hydrogens is 260 g/mol. The molecule has 1 atom stereocenters. The van der Waals surface area contributed by atoms with Crippen LogP contribution < -0.4 is 10.6 Å². The zero-order valence-corrected chi connectivity index (χ0v) is 11.0. The Balaban J connectivity index is 1.97. The van der Waals surface area contributed by atoms with Crippen molar-refractivity contribution in [2.75, 3.05) is 18.0 Å². The Bertz CT molecular complexity index is 640. The fraction of sp³-hybridized carbons (Fsp3) is 0.462. The second-order valence-electron chi connectivity index (χ2n) is 4.98. The number of nitro benzene ring substituents is 1. The second kappa shape index (κ2) is 5.09. The number of hydrogen-bond acceptors (Lipinski definition) is 6. The maximum absolute atomic E-state index is 10.8. The van der Waals surface area contributed by atoms with Gasteiger partial charge in [-0.2, -0.15) is 4.98 Å². The van der Waals surface area contributed by atoms with Crippen molar-refractivity contribution in [1.29, 1.82) is 0 Å². The van der Waals surface area contributed by atoms with Crippen molar-refractivity contribution >= 4 is 22.8 Å². The zero-order chi connectivity index (χ0) is 14.1. The molecule has 7 heteroatoms. The Morgan fingerprint density at radius 2 is 2.35 bits per heavy atom. The van der Waals surface area contributed by atoms with E-state index in [0.29, 0.717) is 23.7 Å². The van der Waals surface area contributed by atoms with Crippen LogP contribution in [0.4, 0.5) is 11.7 Å². The summed E-state index contributed by atoms with van der Waals surface area (Å²) in [5, 5.41) is 10.8. The van der Waals surface area contributed by atoms with Crippen LogP contribution in [-0.4, -0.2) is 29.0 Å². The van der Waals surface area contributed by atoms with Gasteiger partial charge in [-0.15, -0.1) is 0 Å². The molecule has 3 rings (SSSR count). The first kappa shape index (κ1) is 12.9. The largest absolute Gasteiger partial charge is 0.423 e. The number of nitrogens with zero attached hydrogens (tertiary/aromatic N) is 3. The third kappa shape index (κ3) is 2.20. The van der Waals surface area contributed by atoms with Crippen molar-refractivity contribution in [3.05, 3.63) is 28.3 Å². The van der Waals surface area contributed by atoms with Gasteiger partial charge >= 0.3 is 0 Å². The van der Waals surface area contributed by atoms with Crippen LogP contribution in [0, 0.1) is 10.1 Å². The van der Waals surface area contributed by atoms with Crippen molar-refractivity contribution < 1.29 is 9.34 Å². The zero-order valence-electron chi connectivity index (χ0n) is 11.0. The molecule has 0 amide bonds. The molecule has 1 aromatic heterocycles. The third-order valence-corrected chi connectivity index (χ3v) is 3.72. The number of piperidine rings is 1. The Labute approximate surface area is 115 Å². The van der Waals surface area contributed by atoms with Gasteiger partial charge in [0.25, 0.3) is 11.7 Å². The van der Waals surface area contributed by atoms with E-state index in [9.17, 15) is 10.1 Å². The lowest BCUT2D eigenvalue weighted by Crippen LogP contribution is -2.44. The molecular formula is C13H16N4O3. The number of oxazole rings is 1.